The molecule has 0 aromatic heterocycles. The lowest BCUT2D eigenvalue weighted by molar-refractivity contribution is -0.120. The van der Waals surface area contributed by atoms with Crippen LogP contribution in [-0.4, -0.2) is 57.8 Å². The van der Waals surface area contributed by atoms with E-state index in [-0.39, 0.29) is 28.9 Å². The molecular weight excluding hydrogens is 380 g/mol. The van der Waals surface area contributed by atoms with Crippen molar-refractivity contribution < 1.29 is 18.0 Å². The van der Waals surface area contributed by atoms with Gasteiger partial charge in [-0.1, -0.05) is 18.0 Å². The first-order valence-corrected chi connectivity index (χ1v) is 10.2. The number of benzene rings is 1. The molecule has 0 atom stereocenters. The molecule has 2 amide bonds. The van der Waals surface area contributed by atoms with Gasteiger partial charge < -0.3 is 10.6 Å². The van der Waals surface area contributed by atoms with Crippen molar-refractivity contribution in [2.24, 2.45) is 0 Å². The Bertz CT molecular complexity index is 764. The smallest absolute Gasteiger partial charge is 0.244 e. The van der Waals surface area contributed by atoms with Crippen LogP contribution in [0, 0.1) is 0 Å². The highest BCUT2D eigenvalue weighted by Crippen LogP contribution is 2.29. The van der Waals surface area contributed by atoms with Crippen LogP contribution in [-0.2, 0) is 19.6 Å². The average molecular weight is 403 g/mol. The van der Waals surface area contributed by atoms with Gasteiger partial charge in [0.15, 0.2) is 0 Å². The van der Waals surface area contributed by atoms with E-state index in [4.69, 9.17) is 11.6 Å². The van der Waals surface area contributed by atoms with E-state index in [9.17, 15) is 18.0 Å². The Balaban J connectivity index is 2.06. The van der Waals surface area contributed by atoms with Crippen LogP contribution in [0.4, 0.5) is 5.69 Å². The van der Waals surface area contributed by atoms with Crippen LogP contribution in [0.25, 0.3) is 0 Å². The monoisotopic (exact) mass is 402 g/mol. The summed E-state index contributed by atoms with van der Waals surface area (Å²) in [6, 6.07) is 4.35. The van der Waals surface area contributed by atoms with Crippen molar-refractivity contribution in [2.75, 3.05) is 38.5 Å². The van der Waals surface area contributed by atoms with Gasteiger partial charge in [-0.15, -0.1) is 0 Å². The number of carbonyl (C=O) groups is 2. The van der Waals surface area contributed by atoms with E-state index < -0.39 is 15.9 Å². The molecule has 0 aliphatic carbocycles. The van der Waals surface area contributed by atoms with Crippen LogP contribution in [0.1, 0.15) is 19.3 Å². The number of carbonyl (C=O) groups excluding carboxylic acids is 2. The average Bonchev–Trinajstić information content (AvgIpc) is 2.63. The number of piperidine rings is 1. The number of likely N-dealkylation sites (N-methyl/N-ethyl adjacent to an activating group) is 1. The number of rotatable bonds is 7. The summed E-state index contributed by atoms with van der Waals surface area (Å²) in [6.45, 7) is 0.876. The minimum absolute atomic E-state index is 0.0130. The third-order valence-corrected chi connectivity index (χ3v) is 6.38. The molecule has 10 heteroatoms. The second-order valence-corrected chi connectivity index (χ2v) is 8.25. The number of amides is 2. The van der Waals surface area contributed by atoms with Crippen molar-refractivity contribution in [1.82, 2.24) is 14.9 Å². The van der Waals surface area contributed by atoms with Gasteiger partial charge in [0.2, 0.25) is 21.8 Å². The Morgan fingerprint density at radius 3 is 2.42 bits per heavy atom. The number of hydrogen-bond donors (Lipinski definition) is 3. The van der Waals surface area contributed by atoms with Crippen LogP contribution in [0.3, 0.4) is 0 Å². The predicted molar refractivity (Wildman–Crippen MR) is 99.6 cm³/mol. The van der Waals surface area contributed by atoms with Gasteiger partial charge in [-0.2, -0.15) is 4.31 Å². The Morgan fingerprint density at radius 2 is 1.77 bits per heavy atom. The molecule has 0 bridgehead atoms. The molecule has 8 nitrogen and oxygen atoms in total. The first-order chi connectivity index (χ1) is 12.3. The Morgan fingerprint density at radius 1 is 1.12 bits per heavy atom. The summed E-state index contributed by atoms with van der Waals surface area (Å²) in [5.41, 5.74) is 0.330. The fourth-order valence-electron chi connectivity index (χ4n) is 2.61. The van der Waals surface area contributed by atoms with Gasteiger partial charge in [-0.25, -0.2) is 8.42 Å². The summed E-state index contributed by atoms with van der Waals surface area (Å²) >= 11 is 6.10. The number of nitrogens with zero attached hydrogens (tertiary/aromatic N) is 1. The topological polar surface area (TPSA) is 108 Å². The highest BCUT2D eigenvalue weighted by molar-refractivity contribution is 7.89. The van der Waals surface area contributed by atoms with E-state index in [1.54, 1.807) is 0 Å². The SMILES string of the molecule is CNC(=O)CNCC(=O)Nc1ccc(Cl)c(S(=O)(=O)N2CCCCC2)c1. The van der Waals surface area contributed by atoms with Gasteiger partial charge in [0.25, 0.3) is 0 Å². The van der Waals surface area contributed by atoms with Crippen molar-refractivity contribution in [2.45, 2.75) is 24.2 Å². The maximum atomic E-state index is 12.8. The number of hydrogen-bond acceptors (Lipinski definition) is 5. The largest absolute Gasteiger partial charge is 0.358 e. The molecule has 0 saturated carbocycles. The first kappa shape index (κ1) is 20.6. The molecule has 1 aromatic carbocycles. The first-order valence-electron chi connectivity index (χ1n) is 8.35. The van der Waals surface area contributed by atoms with Crippen molar-refractivity contribution in [1.29, 1.82) is 0 Å². The second kappa shape index (κ2) is 9.31. The molecule has 0 unspecified atom stereocenters. The lowest BCUT2D eigenvalue weighted by Gasteiger charge is -2.26. The number of sulfonamides is 1. The molecule has 1 saturated heterocycles. The lowest BCUT2D eigenvalue weighted by atomic mass is 10.2. The molecule has 1 heterocycles. The Hall–Kier alpha value is -1.68. The van der Waals surface area contributed by atoms with E-state index in [0.29, 0.717) is 18.8 Å². The van der Waals surface area contributed by atoms with Crippen LogP contribution in [0.5, 0.6) is 0 Å². The molecule has 26 heavy (non-hydrogen) atoms. The minimum Gasteiger partial charge on any atom is -0.358 e. The van der Waals surface area contributed by atoms with Gasteiger partial charge in [-0.3, -0.25) is 14.9 Å². The van der Waals surface area contributed by atoms with E-state index in [1.165, 1.54) is 29.6 Å². The zero-order valence-corrected chi connectivity index (χ0v) is 16.1. The van der Waals surface area contributed by atoms with Crippen LogP contribution in [0.15, 0.2) is 23.1 Å². The third-order valence-electron chi connectivity index (χ3n) is 4.00. The molecule has 1 aliphatic heterocycles. The molecule has 0 spiro atoms. The summed E-state index contributed by atoms with van der Waals surface area (Å²) in [5.74, 6) is -0.628. The molecule has 1 fully saturated rings. The Kier molecular flexibility index (Phi) is 7.39. The van der Waals surface area contributed by atoms with Gasteiger partial charge >= 0.3 is 0 Å². The molecule has 2 rings (SSSR count). The zero-order valence-electron chi connectivity index (χ0n) is 14.5. The third kappa shape index (κ3) is 5.41. The fraction of sp³-hybridized carbons (Fsp3) is 0.500. The van der Waals surface area contributed by atoms with Gasteiger partial charge in [-0.05, 0) is 31.0 Å². The zero-order chi connectivity index (χ0) is 19.2. The van der Waals surface area contributed by atoms with Crippen molar-refractivity contribution in [3.05, 3.63) is 23.2 Å². The highest BCUT2D eigenvalue weighted by Gasteiger charge is 2.28. The Labute approximate surface area is 158 Å². The maximum absolute atomic E-state index is 12.8. The molecule has 1 aromatic rings. The molecular formula is C16H23ClN4O4S. The van der Waals surface area contributed by atoms with Gasteiger partial charge in [0.1, 0.15) is 4.90 Å². The number of nitrogens with one attached hydrogen (secondary N) is 3. The number of anilines is 1. The fourth-order valence-corrected chi connectivity index (χ4v) is 4.62. The number of halogens is 1. The van der Waals surface area contributed by atoms with E-state index in [0.717, 1.165) is 19.3 Å². The van der Waals surface area contributed by atoms with Crippen LogP contribution >= 0.6 is 11.6 Å². The van der Waals surface area contributed by atoms with Crippen LogP contribution < -0.4 is 16.0 Å². The summed E-state index contributed by atoms with van der Waals surface area (Å²) in [4.78, 5) is 23.0. The van der Waals surface area contributed by atoms with E-state index in [2.05, 4.69) is 16.0 Å². The standard InChI is InChI=1S/C16H23ClN4O4S/c1-18-15(22)10-19-11-16(23)20-12-5-6-13(17)14(9-12)26(24,25)21-7-3-2-4-8-21/h5-6,9,19H,2-4,7-8,10-11H2,1H3,(H,18,22)(H,20,23). The van der Waals surface area contributed by atoms with Gasteiger partial charge in [0, 0.05) is 25.8 Å². The molecule has 3 N–H and O–H groups in total. The van der Waals surface area contributed by atoms with E-state index >= 15 is 0 Å². The summed E-state index contributed by atoms with van der Waals surface area (Å²) in [5, 5.41) is 7.84. The normalized spacial score (nSPS) is 15.5. The molecule has 144 valence electrons. The highest BCUT2D eigenvalue weighted by atomic mass is 35.5. The molecule has 0 radical (unpaired) electrons. The second-order valence-electron chi connectivity index (χ2n) is 5.93. The lowest BCUT2D eigenvalue weighted by Crippen LogP contribution is -2.36. The van der Waals surface area contributed by atoms with Crippen molar-refractivity contribution >= 4 is 39.1 Å². The summed E-state index contributed by atoms with van der Waals surface area (Å²) in [6.07, 6.45) is 2.66. The maximum Gasteiger partial charge on any atom is 0.244 e. The van der Waals surface area contributed by atoms with Crippen molar-refractivity contribution in [3.63, 3.8) is 0 Å². The van der Waals surface area contributed by atoms with Gasteiger partial charge in [0.05, 0.1) is 18.1 Å². The van der Waals surface area contributed by atoms with Crippen LogP contribution in [0.2, 0.25) is 5.02 Å². The predicted octanol–water partition coefficient (Wildman–Crippen LogP) is 0.789. The minimum atomic E-state index is -3.70. The quantitative estimate of drug-likeness (QED) is 0.625. The van der Waals surface area contributed by atoms with Crippen molar-refractivity contribution in [3.8, 4) is 0 Å². The summed E-state index contributed by atoms with van der Waals surface area (Å²) < 4.78 is 27.0. The summed E-state index contributed by atoms with van der Waals surface area (Å²) in [7, 11) is -2.20. The molecule has 1 aliphatic rings. The van der Waals surface area contributed by atoms with E-state index in [1.807, 2.05) is 0 Å².